The fourth-order valence-corrected chi connectivity index (χ4v) is 4.57. The molecule has 9 nitrogen and oxygen atoms in total. The van der Waals surface area contributed by atoms with Crippen molar-refractivity contribution in [1.82, 2.24) is 5.32 Å². The fourth-order valence-electron chi connectivity index (χ4n) is 4.57. The van der Waals surface area contributed by atoms with E-state index < -0.39 is 42.1 Å². The summed E-state index contributed by atoms with van der Waals surface area (Å²) in [6.45, 7) is 7.22. The molecule has 1 fully saturated rings. The first-order chi connectivity index (χ1) is 18.2. The molecule has 1 saturated heterocycles. The van der Waals surface area contributed by atoms with Gasteiger partial charge < -0.3 is 29.0 Å². The second-order valence-electron chi connectivity index (χ2n) is 9.74. The molecule has 4 rings (SSSR count). The van der Waals surface area contributed by atoms with Gasteiger partial charge in [-0.3, -0.25) is 0 Å². The van der Waals surface area contributed by atoms with E-state index in [0.29, 0.717) is 0 Å². The Kier molecular flexibility index (Phi) is 8.48. The van der Waals surface area contributed by atoms with Crippen molar-refractivity contribution < 1.29 is 38.1 Å². The van der Waals surface area contributed by atoms with Gasteiger partial charge in [0.2, 0.25) is 0 Å². The molecule has 3 atom stereocenters. The number of methoxy groups -OCH3 is 1. The van der Waals surface area contributed by atoms with Crippen LogP contribution >= 0.6 is 0 Å². The maximum absolute atomic E-state index is 13.0. The molecule has 202 valence electrons. The largest absolute Gasteiger partial charge is 0.467 e. The molecule has 0 radical (unpaired) electrons. The van der Waals surface area contributed by atoms with Crippen LogP contribution in [0.4, 0.5) is 4.79 Å². The summed E-state index contributed by atoms with van der Waals surface area (Å²) in [5.74, 6) is -1.30. The van der Waals surface area contributed by atoms with E-state index in [1.807, 2.05) is 36.4 Å². The third-order valence-corrected chi connectivity index (χ3v) is 6.68. The zero-order valence-electron chi connectivity index (χ0n) is 21.8. The average molecular weight is 524 g/mol. The Bertz CT molecular complexity index is 1150. The Morgan fingerprint density at radius 1 is 1.11 bits per heavy atom. The summed E-state index contributed by atoms with van der Waals surface area (Å²) < 4.78 is 26.9. The molecule has 1 amide bonds. The molecule has 2 aromatic carbocycles. The van der Waals surface area contributed by atoms with E-state index >= 15 is 0 Å². The standard InChI is InChI=1S/C29H33NO8/c1-5-29(2,3)38-26(31)23(14-15-25-35-17-24(37-25)27(32)34-4)30-28(33)36-16-22-20-12-8-6-10-18(20)19-11-7-9-13-21(19)22/h5-13,22-25H,1,14-17H2,2-4H3,(H,30,33)/t23-,24-,25?/m0/s1. The van der Waals surface area contributed by atoms with Crippen molar-refractivity contribution in [3.05, 3.63) is 72.3 Å². The van der Waals surface area contributed by atoms with E-state index in [9.17, 15) is 14.4 Å². The number of alkyl carbamates (subject to hydrolysis) is 1. The fraction of sp³-hybridized carbons (Fsp3) is 0.414. The van der Waals surface area contributed by atoms with Gasteiger partial charge in [0.25, 0.3) is 0 Å². The summed E-state index contributed by atoms with van der Waals surface area (Å²) in [4.78, 5) is 37.5. The molecule has 0 aromatic heterocycles. The second-order valence-corrected chi connectivity index (χ2v) is 9.74. The van der Waals surface area contributed by atoms with Crippen LogP contribution in [0.25, 0.3) is 11.1 Å². The normalized spacial score (nSPS) is 19.1. The van der Waals surface area contributed by atoms with Crippen LogP contribution in [0.15, 0.2) is 61.2 Å². The van der Waals surface area contributed by atoms with Gasteiger partial charge in [-0.2, -0.15) is 0 Å². The van der Waals surface area contributed by atoms with Gasteiger partial charge in [-0.05, 0) is 48.6 Å². The van der Waals surface area contributed by atoms with Gasteiger partial charge in [-0.25, -0.2) is 14.4 Å². The lowest BCUT2D eigenvalue weighted by Crippen LogP contribution is -2.45. The Labute approximate surface area is 222 Å². The highest BCUT2D eigenvalue weighted by Crippen LogP contribution is 2.44. The maximum atomic E-state index is 13.0. The molecule has 0 spiro atoms. The van der Waals surface area contributed by atoms with E-state index in [1.54, 1.807) is 13.8 Å². The number of hydrogen-bond acceptors (Lipinski definition) is 8. The molecule has 1 aliphatic carbocycles. The number of rotatable bonds is 10. The van der Waals surface area contributed by atoms with Crippen molar-refractivity contribution in [1.29, 1.82) is 0 Å². The molecule has 2 aliphatic rings. The highest BCUT2D eigenvalue weighted by molar-refractivity contribution is 5.82. The van der Waals surface area contributed by atoms with E-state index in [4.69, 9.17) is 18.9 Å². The van der Waals surface area contributed by atoms with Gasteiger partial charge in [0.05, 0.1) is 13.7 Å². The molecular formula is C29H33NO8. The van der Waals surface area contributed by atoms with Crippen LogP contribution in [0.5, 0.6) is 0 Å². The molecule has 2 aromatic rings. The third kappa shape index (κ3) is 6.23. The zero-order chi connectivity index (χ0) is 27.3. The zero-order valence-corrected chi connectivity index (χ0v) is 21.8. The van der Waals surface area contributed by atoms with Gasteiger partial charge in [0, 0.05) is 12.3 Å². The number of carbonyl (C=O) groups excluding carboxylic acids is 3. The lowest BCUT2D eigenvalue weighted by atomic mass is 9.98. The maximum Gasteiger partial charge on any atom is 0.407 e. The Morgan fingerprint density at radius 3 is 2.34 bits per heavy atom. The van der Waals surface area contributed by atoms with Crippen molar-refractivity contribution in [3.63, 3.8) is 0 Å². The van der Waals surface area contributed by atoms with Crippen molar-refractivity contribution >= 4 is 18.0 Å². The minimum atomic E-state index is -1.03. The summed E-state index contributed by atoms with van der Waals surface area (Å²) in [6.07, 6.45) is -0.443. The topological polar surface area (TPSA) is 109 Å². The summed E-state index contributed by atoms with van der Waals surface area (Å²) in [5, 5.41) is 2.63. The van der Waals surface area contributed by atoms with E-state index in [-0.39, 0.29) is 32.0 Å². The summed E-state index contributed by atoms with van der Waals surface area (Å²) in [7, 11) is 1.27. The van der Waals surface area contributed by atoms with Gasteiger partial charge in [-0.15, -0.1) is 0 Å². The molecule has 0 bridgehead atoms. The number of amides is 1. The second kappa shape index (κ2) is 11.8. The number of fused-ring (bicyclic) bond motifs is 3. The number of carbonyl (C=O) groups is 3. The highest BCUT2D eigenvalue weighted by Gasteiger charge is 2.35. The van der Waals surface area contributed by atoms with Crippen LogP contribution in [-0.4, -0.2) is 62.4 Å². The lowest BCUT2D eigenvalue weighted by Gasteiger charge is -2.25. The molecule has 1 N–H and O–H groups in total. The number of ether oxygens (including phenoxy) is 5. The van der Waals surface area contributed by atoms with E-state index in [0.717, 1.165) is 22.3 Å². The number of hydrogen-bond donors (Lipinski definition) is 1. The van der Waals surface area contributed by atoms with Crippen LogP contribution in [0.2, 0.25) is 0 Å². The van der Waals surface area contributed by atoms with Crippen LogP contribution in [0.3, 0.4) is 0 Å². The van der Waals surface area contributed by atoms with Gasteiger partial charge in [-0.1, -0.05) is 55.1 Å². The van der Waals surface area contributed by atoms with E-state index in [2.05, 4.69) is 28.8 Å². The molecule has 9 heteroatoms. The molecular weight excluding hydrogens is 490 g/mol. The van der Waals surface area contributed by atoms with Gasteiger partial charge in [0.15, 0.2) is 12.4 Å². The van der Waals surface area contributed by atoms with Crippen molar-refractivity contribution in [2.75, 3.05) is 20.3 Å². The molecule has 1 heterocycles. The smallest absolute Gasteiger partial charge is 0.407 e. The van der Waals surface area contributed by atoms with Crippen molar-refractivity contribution in [3.8, 4) is 11.1 Å². The average Bonchev–Trinajstić information content (AvgIpc) is 3.52. The Balaban J connectivity index is 1.39. The highest BCUT2D eigenvalue weighted by atomic mass is 16.7. The summed E-state index contributed by atoms with van der Waals surface area (Å²) in [5.41, 5.74) is 3.47. The minimum Gasteiger partial charge on any atom is -0.467 e. The molecule has 1 unspecified atom stereocenters. The SMILES string of the molecule is C=CC(C)(C)OC(=O)[C@H](CCC1OC[C@@H](C(=O)OC)O1)NC(=O)OCC1c2ccccc2-c2ccccc21. The van der Waals surface area contributed by atoms with Crippen molar-refractivity contribution in [2.24, 2.45) is 0 Å². The minimum absolute atomic E-state index is 0.0513. The van der Waals surface area contributed by atoms with Crippen LogP contribution in [0.1, 0.15) is 43.7 Å². The van der Waals surface area contributed by atoms with Gasteiger partial charge in [0.1, 0.15) is 18.2 Å². The van der Waals surface area contributed by atoms with Crippen LogP contribution < -0.4 is 5.32 Å². The first kappa shape index (κ1) is 27.3. The monoisotopic (exact) mass is 523 g/mol. The summed E-state index contributed by atoms with van der Waals surface area (Å²) >= 11 is 0. The Morgan fingerprint density at radius 2 is 1.74 bits per heavy atom. The predicted octanol–water partition coefficient (Wildman–Crippen LogP) is 4.10. The molecule has 38 heavy (non-hydrogen) atoms. The van der Waals surface area contributed by atoms with E-state index in [1.165, 1.54) is 13.2 Å². The van der Waals surface area contributed by atoms with Gasteiger partial charge >= 0.3 is 18.0 Å². The predicted molar refractivity (Wildman–Crippen MR) is 138 cm³/mol. The number of benzene rings is 2. The first-order valence-electron chi connectivity index (χ1n) is 12.5. The number of esters is 2. The van der Waals surface area contributed by atoms with Crippen LogP contribution in [0, 0.1) is 0 Å². The quantitative estimate of drug-likeness (QED) is 0.282. The number of nitrogens with one attached hydrogen (secondary N) is 1. The van der Waals surface area contributed by atoms with Crippen LogP contribution in [-0.2, 0) is 33.3 Å². The Hall–Kier alpha value is -3.69. The molecule has 0 saturated carbocycles. The first-order valence-corrected chi connectivity index (χ1v) is 12.5. The lowest BCUT2D eigenvalue weighted by molar-refractivity contribution is -0.158. The third-order valence-electron chi connectivity index (χ3n) is 6.68. The van der Waals surface area contributed by atoms with Crippen molar-refractivity contribution in [2.45, 2.75) is 56.6 Å². The molecule has 1 aliphatic heterocycles. The summed E-state index contributed by atoms with van der Waals surface area (Å²) in [6, 6.07) is 15.0.